The van der Waals surface area contributed by atoms with Gasteiger partial charge in [0, 0.05) is 31.8 Å². The van der Waals surface area contributed by atoms with Gasteiger partial charge in [0.25, 0.3) is 0 Å². The van der Waals surface area contributed by atoms with Gasteiger partial charge in [-0.05, 0) is 31.0 Å². The Hall–Kier alpha value is -2.44. The van der Waals surface area contributed by atoms with Crippen molar-refractivity contribution in [2.45, 2.75) is 32.5 Å². The summed E-state index contributed by atoms with van der Waals surface area (Å²) in [6.45, 7) is -0.0428. The van der Waals surface area contributed by atoms with Crippen molar-refractivity contribution in [1.29, 1.82) is 0 Å². The van der Waals surface area contributed by atoms with Gasteiger partial charge < -0.3 is 9.64 Å². The summed E-state index contributed by atoms with van der Waals surface area (Å²) in [7, 11) is 1.81. The molecule has 122 valence electrons. The smallest absolute Gasteiger partial charge is 0.352 e. The maximum Gasteiger partial charge on any atom is 0.352 e. The number of ether oxygens (including phenoxy) is 1. The molecule has 23 heavy (non-hydrogen) atoms. The predicted molar refractivity (Wildman–Crippen MR) is 81.7 cm³/mol. The van der Waals surface area contributed by atoms with Gasteiger partial charge in [-0.1, -0.05) is 0 Å². The van der Waals surface area contributed by atoms with Crippen LogP contribution in [0.3, 0.4) is 0 Å². The second kappa shape index (κ2) is 5.98. The van der Waals surface area contributed by atoms with Crippen molar-refractivity contribution in [2.75, 3.05) is 11.9 Å². The van der Waals surface area contributed by atoms with Crippen molar-refractivity contribution in [3.05, 3.63) is 51.9 Å². The largest absolute Gasteiger partial charge is 0.473 e. The predicted octanol–water partition coefficient (Wildman–Crippen LogP) is 2.33. The average molecular weight is 323 g/mol. The van der Waals surface area contributed by atoms with Crippen molar-refractivity contribution >= 4 is 5.82 Å². The monoisotopic (exact) mass is 323 g/mol. The third-order valence-corrected chi connectivity index (χ3v) is 3.89. The molecule has 0 saturated carbocycles. The molecule has 0 N–H and O–H groups in total. The Bertz CT molecular complexity index is 853. The van der Waals surface area contributed by atoms with Crippen LogP contribution in [-0.2, 0) is 13.1 Å². The minimum atomic E-state index is -2.56. The van der Waals surface area contributed by atoms with Gasteiger partial charge >= 0.3 is 5.69 Å². The number of nitrogens with zero attached hydrogens (tertiary/aromatic N) is 3. The van der Waals surface area contributed by atoms with Gasteiger partial charge in [-0.15, -0.1) is 0 Å². The summed E-state index contributed by atoms with van der Waals surface area (Å²) < 4.78 is 49.2. The van der Waals surface area contributed by atoms with E-state index < -0.39 is 23.9 Å². The van der Waals surface area contributed by atoms with E-state index in [0.29, 0.717) is 18.4 Å². The maximum absolute atomic E-state index is 13.3. The second-order valence-corrected chi connectivity index (χ2v) is 5.50. The number of anilines is 1. The first-order valence-electron chi connectivity index (χ1n) is 8.18. The first kappa shape index (κ1) is 13.0. The average Bonchev–Trinajstić information content (AvgIpc) is 2.50. The Morgan fingerprint density at radius 1 is 1.35 bits per heavy atom. The van der Waals surface area contributed by atoms with Crippen LogP contribution in [0.2, 0.25) is 0 Å². The third-order valence-electron chi connectivity index (χ3n) is 3.89. The molecule has 2 aromatic rings. The normalized spacial score (nSPS) is 19.0. The van der Waals surface area contributed by atoms with Gasteiger partial charge in [-0.2, -0.15) is 4.98 Å². The molecule has 0 amide bonds. The van der Waals surface area contributed by atoms with Gasteiger partial charge in [0.1, 0.15) is 24.0 Å². The summed E-state index contributed by atoms with van der Waals surface area (Å²) in [5.74, 6) is -1.54. The number of hydrogen-bond acceptors (Lipinski definition) is 4. The molecule has 2 heterocycles. The van der Waals surface area contributed by atoms with E-state index >= 15 is 0 Å². The minimum Gasteiger partial charge on any atom is -0.473 e. The number of rotatable bonds is 3. The molecule has 5 nitrogen and oxygen atoms in total. The molecule has 1 aliphatic rings. The molecule has 1 atom stereocenters. The topological polar surface area (TPSA) is 47.4 Å². The first-order chi connectivity index (χ1) is 11.7. The first-order valence-corrected chi connectivity index (χ1v) is 7.18. The van der Waals surface area contributed by atoms with Gasteiger partial charge in [-0.3, -0.25) is 4.57 Å². The van der Waals surface area contributed by atoms with Crippen LogP contribution in [0.5, 0.6) is 5.88 Å². The highest BCUT2D eigenvalue weighted by molar-refractivity contribution is 5.43. The van der Waals surface area contributed by atoms with Crippen LogP contribution < -0.4 is 15.3 Å². The van der Waals surface area contributed by atoms with Crippen molar-refractivity contribution in [3.8, 4) is 5.88 Å². The maximum atomic E-state index is 13.3. The van der Waals surface area contributed by atoms with Crippen LogP contribution in [0.15, 0.2) is 29.1 Å². The molecule has 0 unspecified atom stereocenters. The highest BCUT2D eigenvalue weighted by Crippen LogP contribution is 2.24. The van der Waals surface area contributed by atoms with E-state index in [-0.39, 0.29) is 17.5 Å². The Kier molecular flexibility index (Phi) is 3.39. The Morgan fingerprint density at radius 2 is 2.04 bits per heavy atom. The van der Waals surface area contributed by atoms with E-state index in [0.717, 1.165) is 18.6 Å². The fraction of sp³-hybridized carbons (Fsp3) is 0.375. The van der Waals surface area contributed by atoms with E-state index in [4.69, 9.17) is 7.48 Å². The Morgan fingerprint density at radius 3 is 2.74 bits per heavy atom. The minimum absolute atomic E-state index is 0.198. The summed E-state index contributed by atoms with van der Waals surface area (Å²) in [6.07, 6.45) is 0.786. The van der Waals surface area contributed by atoms with Crippen LogP contribution >= 0.6 is 0 Å². The van der Waals surface area contributed by atoms with Crippen LogP contribution in [0.1, 0.15) is 21.6 Å². The molecule has 0 bridgehead atoms. The summed E-state index contributed by atoms with van der Waals surface area (Å²) in [4.78, 5) is 17.8. The summed E-state index contributed by atoms with van der Waals surface area (Å²) in [5, 5.41) is 0. The molecule has 0 radical (unpaired) electrons. The zero-order valence-electron chi connectivity index (χ0n) is 14.7. The van der Waals surface area contributed by atoms with Crippen molar-refractivity contribution < 1.29 is 16.3 Å². The Labute approximate surface area is 134 Å². The number of benzene rings is 1. The summed E-state index contributed by atoms with van der Waals surface area (Å²) in [6, 6.07) is 3.96. The van der Waals surface area contributed by atoms with Crippen molar-refractivity contribution in [1.82, 2.24) is 9.55 Å². The fourth-order valence-electron chi connectivity index (χ4n) is 2.49. The molecule has 7 heteroatoms. The second-order valence-electron chi connectivity index (χ2n) is 5.50. The SMILES string of the molecule is [2H]C([2H])(Oc1cc2n(c(=O)n1)CC[C@@H](C)N2C)c1cc(F)cc(F)c1. The summed E-state index contributed by atoms with van der Waals surface area (Å²) >= 11 is 0. The highest BCUT2D eigenvalue weighted by atomic mass is 19.1. The zero-order valence-corrected chi connectivity index (χ0v) is 12.7. The quantitative estimate of drug-likeness (QED) is 0.870. The van der Waals surface area contributed by atoms with Gasteiger partial charge in [0.2, 0.25) is 5.88 Å². The number of halogens is 2. The van der Waals surface area contributed by atoms with Crippen LogP contribution in [0, 0.1) is 11.6 Å². The Balaban J connectivity index is 1.97. The van der Waals surface area contributed by atoms with E-state index in [1.807, 2.05) is 18.9 Å². The lowest BCUT2D eigenvalue weighted by molar-refractivity contribution is 0.288. The number of fused-ring (bicyclic) bond motifs is 1. The molecule has 0 aliphatic carbocycles. The van der Waals surface area contributed by atoms with Crippen LogP contribution in [0.4, 0.5) is 14.6 Å². The van der Waals surface area contributed by atoms with Crippen LogP contribution in [0.25, 0.3) is 0 Å². The highest BCUT2D eigenvalue weighted by Gasteiger charge is 2.22. The lowest BCUT2D eigenvalue weighted by Gasteiger charge is -2.34. The molecule has 0 spiro atoms. The number of hydrogen-bond donors (Lipinski definition) is 0. The molecule has 1 aromatic heterocycles. The third kappa shape index (κ3) is 3.18. The number of aromatic nitrogens is 2. The van der Waals surface area contributed by atoms with E-state index in [2.05, 4.69) is 4.98 Å². The van der Waals surface area contributed by atoms with Crippen LogP contribution in [-0.4, -0.2) is 22.6 Å². The van der Waals surface area contributed by atoms with E-state index in [9.17, 15) is 13.6 Å². The molecule has 0 fully saturated rings. The van der Waals surface area contributed by atoms with Gasteiger partial charge in [-0.25, -0.2) is 13.6 Å². The molecule has 1 aromatic carbocycles. The fourth-order valence-corrected chi connectivity index (χ4v) is 2.49. The van der Waals surface area contributed by atoms with E-state index in [1.165, 1.54) is 10.6 Å². The molecule has 0 saturated heterocycles. The lowest BCUT2D eigenvalue weighted by atomic mass is 10.1. The van der Waals surface area contributed by atoms with Crippen molar-refractivity contribution in [2.24, 2.45) is 0 Å². The van der Waals surface area contributed by atoms with E-state index in [1.54, 1.807) is 0 Å². The standard InChI is InChI=1S/C16H17F2N3O2/c1-10-3-4-21-15(20(10)2)8-14(19-16(21)22)23-9-11-5-12(17)7-13(18)6-11/h5-8,10H,3-4,9H2,1-2H3/t10-/m1/s1/i9D2. The lowest BCUT2D eigenvalue weighted by Crippen LogP contribution is -2.41. The molecule has 1 aliphatic heterocycles. The van der Waals surface area contributed by atoms with Gasteiger partial charge in [0.15, 0.2) is 0 Å². The van der Waals surface area contributed by atoms with Crippen molar-refractivity contribution in [3.63, 3.8) is 0 Å². The zero-order chi connectivity index (χ0) is 18.4. The molecule has 3 rings (SSSR count). The summed E-state index contributed by atoms with van der Waals surface area (Å²) in [5.41, 5.74) is -0.904. The van der Waals surface area contributed by atoms with Gasteiger partial charge in [0.05, 0.1) is 2.74 Å². The molecular formula is C16H17F2N3O2. The molecular weight excluding hydrogens is 304 g/mol.